The Bertz CT molecular complexity index is 1360. The lowest BCUT2D eigenvalue weighted by atomic mass is 9.99. The molecule has 3 aromatic rings. The molecule has 2 aliphatic heterocycles. The van der Waals surface area contributed by atoms with E-state index in [1.807, 2.05) is 0 Å². The molecule has 2 N–H and O–H groups in total. The molecule has 0 radical (unpaired) electrons. The van der Waals surface area contributed by atoms with Gasteiger partial charge in [-0.2, -0.15) is 5.10 Å². The Morgan fingerprint density at radius 3 is 2.86 bits per heavy atom. The third-order valence-electron chi connectivity index (χ3n) is 6.94. The molecule has 4 heterocycles. The fraction of sp³-hybridized carbons (Fsp3) is 0.360. The van der Waals surface area contributed by atoms with Crippen LogP contribution in [0.2, 0.25) is 5.02 Å². The van der Waals surface area contributed by atoms with Gasteiger partial charge in [0.1, 0.15) is 5.82 Å². The molecule has 1 aliphatic carbocycles. The number of aromatic nitrogens is 3. The van der Waals surface area contributed by atoms with Crippen molar-refractivity contribution in [3.8, 4) is 17.0 Å². The highest BCUT2D eigenvalue weighted by Gasteiger charge is 2.44. The summed E-state index contributed by atoms with van der Waals surface area (Å²) >= 11 is 6.47. The Hall–Kier alpha value is -3.46. The highest BCUT2D eigenvalue weighted by atomic mass is 35.5. The number of nitrogens with one attached hydrogen (secondary N) is 2. The van der Waals surface area contributed by atoms with Gasteiger partial charge in [-0.15, -0.1) is 0 Å². The van der Waals surface area contributed by atoms with Gasteiger partial charge in [-0.3, -0.25) is 4.79 Å². The number of fused-ring (bicyclic) bond motifs is 4. The largest absolute Gasteiger partial charge is 0.477 e. The quantitative estimate of drug-likeness (QED) is 0.534. The molecule has 3 aliphatic rings. The summed E-state index contributed by atoms with van der Waals surface area (Å²) < 4.78 is 20.7. The van der Waals surface area contributed by atoms with Crippen LogP contribution in [0.3, 0.4) is 0 Å². The number of carbonyl (C=O) groups is 1. The fourth-order valence-electron chi connectivity index (χ4n) is 4.97. The molecule has 2 fully saturated rings. The second-order valence-corrected chi connectivity index (χ2v) is 9.79. The Balaban J connectivity index is 1.19. The predicted octanol–water partition coefficient (Wildman–Crippen LogP) is 4.71. The second-order valence-electron chi connectivity index (χ2n) is 9.38. The molecule has 35 heavy (non-hydrogen) atoms. The number of ether oxygens (including phenoxy) is 1. The summed E-state index contributed by atoms with van der Waals surface area (Å²) in [6.07, 6.45) is 6.06. The highest BCUT2D eigenvalue weighted by molar-refractivity contribution is 6.33. The number of pyridine rings is 1. The maximum atomic E-state index is 15.0. The molecule has 1 unspecified atom stereocenters. The lowest BCUT2D eigenvalue weighted by molar-refractivity contribution is 0.177. The van der Waals surface area contributed by atoms with E-state index in [0.717, 1.165) is 18.4 Å². The van der Waals surface area contributed by atoms with Gasteiger partial charge in [0.2, 0.25) is 5.88 Å². The Morgan fingerprint density at radius 1 is 1.23 bits per heavy atom. The van der Waals surface area contributed by atoms with Gasteiger partial charge >= 0.3 is 6.03 Å². The van der Waals surface area contributed by atoms with Crippen LogP contribution in [-0.4, -0.2) is 38.8 Å². The van der Waals surface area contributed by atoms with Gasteiger partial charge in [-0.1, -0.05) is 11.6 Å². The van der Waals surface area contributed by atoms with Crippen molar-refractivity contribution in [1.82, 2.24) is 20.1 Å². The van der Waals surface area contributed by atoms with E-state index in [2.05, 4.69) is 20.5 Å². The first-order valence-electron chi connectivity index (χ1n) is 11.7. The summed E-state index contributed by atoms with van der Waals surface area (Å²) in [5.41, 5.74) is 2.43. The van der Waals surface area contributed by atoms with Crippen molar-refractivity contribution < 1.29 is 13.9 Å². The van der Waals surface area contributed by atoms with Gasteiger partial charge in [0.15, 0.2) is 0 Å². The molecule has 8 nitrogen and oxygen atoms in total. The van der Waals surface area contributed by atoms with Crippen LogP contribution < -0.4 is 15.6 Å². The molecular weight excluding hydrogens is 473 g/mol. The fourth-order valence-corrected chi connectivity index (χ4v) is 5.25. The van der Waals surface area contributed by atoms with Gasteiger partial charge in [0.05, 0.1) is 29.1 Å². The number of amides is 2. The second kappa shape index (κ2) is 8.64. The van der Waals surface area contributed by atoms with Crippen LogP contribution >= 0.6 is 11.6 Å². The number of rotatable bonds is 5. The maximum Gasteiger partial charge on any atom is 0.322 e. The van der Waals surface area contributed by atoms with Crippen molar-refractivity contribution >= 4 is 23.3 Å². The average molecular weight is 496 g/mol. The molecular formula is C25H23ClFN5O3. The number of hydrogen-bond donors (Lipinski definition) is 2. The summed E-state index contributed by atoms with van der Waals surface area (Å²) in [5.74, 6) is 0.550. The molecule has 0 spiro atoms. The van der Waals surface area contributed by atoms with E-state index >= 15 is 4.39 Å². The van der Waals surface area contributed by atoms with Crippen molar-refractivity contribution in [2.75, 3.05) is 11.9 Å². The van der Waals surface area contributed by atoms with Crippen molar-refractivity contribution in [3.63, 3.8) is 0 Å². The first-order valence-corrected chi connectivity index (χ1v) is 12.1. The van der Waals surface area contributed by atoms with Crippen LogP contribution in [0.1, 0.15) is 43.0 Å². The molecule has 2 bridgehead atoms. The normalized spacial score (nSPS) is 20.5. The lowest BCUT2D eigenvalue weighted by Gasteiger charge is -2.35. The Morgan fingerprint density at radius 2 is 2.09 bits per heavy atom. The van der Waals surface area contributed by atoms with E-state index in [4.69, 9.17) is 16.3 Å². The number of benzene rings is 1. The molecule has 6 rings (SSSR count). The summed E-state index contributed by atoms with van der Waals surface area (Å²) in [6.45, 7) is 0.661. The Labute approximate surface area is 205 Å². The maximum absolute atomic E-state index is 15.0. The molecule has 1 aromatic carbocycles. The number of halogens is 2. The molecule has 10 heteroatoms. The number of urea groups is 1. The van der Waals surface area contributed by atoms with Crippen molar-refractivity contribution in [1.29, 1.82) is 0 Å². The summed E-state index contributed by atoms with van der Waals surface area (Å²) in [5, 5.41) is 9.60. The van der Waals surface area contributed by atoms with Crippen molar-refractivity contribution in [2.24, 2.45) is 5.92 Å². The topological polar surface area (TPSA) is 100 Å². The number of hydrogen-bond acceptors (Lipinski definition) is 5. The van der Waals surface area contributed by atoms with Gasteiger partial charge in [-0.25, -0.2) is 19.3 Å². The van der Waals surface area contributed by atoms with Crippen LogP contribution in [0.5, 0.6) is 5.88 Å². The van der Waals surface area contributed by atoms with Crippen LogP contribution in [0, 0.1) is 11.7 Å². The molecule has 2 atom stereocenters. The Kier molecular flexibility index (Phi) is 5.44. The zero-order chi connectivity index (χ0) is 24.1. The first kappa shape index (κ1) is 22.0. The van der Waals surface area contributed by atoms with Crippen LogP contribution in [0.25, 0.3) is 11.1 Å². The van der Waals surface area contributed by atoms with E-state index in [1.165, 1.54) is 25.0 Å². The number of carbonyl (C=O) groups excluding carboxylic acids is 1. The minimum absolute atomic E-state index is 0.000667. The minimum Gasteiger partial charge on any atom is -0.477 e. The van der Waals surface area contributed by atoms with E-state index in [-0.39, 0.29) is 23.3 Å². The van der Waals surface area contributed by atoms with Gasteiger partial charge in [0.25, 0.3) is 5.56 Å². The standard InChI is InChI=1S/C25H23ClFN5O3/c26-18-10-20(19(27)9-17(18)14-3-6-23(28-11-14)35-12-13-1-2-13)29-25(34)32-16-4-5-21(32)24-15(7-16)8-22(33)30-31-24/h3,6,8-11,13,16,21H,1-2,4-5,7,12H2,(H,29,34)(H,30,33)/t16?,21-/m1/s1. The zero-order valence-electron chi connectivity index (χ0n) is 18.8. The summed E-state index contributed by atoms with van der Waals surface area (Å²) in [7, 11) is 0. The van der Waals surface area contributed by atoms with Crippen LogP contribution in [-0.2, 0) is 6.42 Å². The molecule has 2 amide bonds. The van der Waals surface area contributed by atoms with Crippen LogP contribution in [0.15, 0.2) is 41.3 Å². The molecule has 1 saturated carbocycles. The highest BCUT2D eigenvalue weighted by Crippen LogP contribution is 2.43. The average Bonchev–Trinajstić information content (AvgIpc) is 3.62. The van der Waals surface area contributed by atoms with Gasteiger partial charge in [-0.05, 0) is 61.8 Å². The monoisotopic (exact) mass is 495 g/mol. The molecule has 2 aromatic heterocycles. The molecule has 180 valence electrons. The summed E-state index contributed by atoms with van der Waals surface area (Å²) in [4.78, 5) is 30.8. The predicted molar refractivity (Wildman–Crippen MR) is 128 cm³/mol. The van der Waals surface area contributed by atoms with E-state index in [1.54, 1.807) is 29.3 Å². The lowest BCUT2D eigenvalue weighted by Crippen LogP contribution is -2.45. The van der Waals surface area contributed by atoms with Crippen LogP contribution in [0.4, 0.5) is 14.9 Å². The number of nitrogens with zero attached hydrogens (tertiary/aromatic N) is 3. The SMILES string of the molecule is O=C(Nc1cc(Cl)c(-c2ccc(OCC3CC3)nc2)cc1F)N1C2CC[C@@H]1c1n[nH]c(=O)cc1C2. The number of aromatic amines is 1. The smallest absolute Gasteiger partial charge is 0.322 e. The van der Waals surface area contributed by atoms with Crippen molar-refractivity contribution in [3.05, 3.63) is 69.0 Å². The number of anilines is 1. The van der Waals surface area contributed by atoms with E-state index < -0.39 is 11.8 Å². The summed E-state index contributed by atoms with van der Waals surface area (Å²) in [6, 6.07) is 7.04. The third-order valence-corrected chi connectivity index (χ3v) is 7.25. The zero-order valence-corrected chi connectivity index (χ0v) is 19.5. The third kappa shape index (κ3) is 4.25. The minimum atomic E-state index is -0.598. The van der Waals surface area contributed by atoms with Gasteiger partial charge in [0, 0.05) is 35.5 Å². The van der Waals surface area contributed by atoms with Gasteiger partial charge < -0.3 is 15.0 Å². The first-order chi connectivity index (χ1) is 17.0. The van der Waals surface area contributed by atoms with Crippen molar-refractivity contribution in [2.45, 2.75) is 44.2 Å². The van der Waals surface area contributed by atoms with E-state index in [0.29, 0.717) is 46.7 Å². The van der Waals surface area contributed by atoms with E-state index in [9.17, 15) is 9.59 Å². The number of H-pyrrole nitrogens is 1. The molecule has 1 saturated heterocycles.